The van der Waals surface area contributed by atoms with Crippen molar-refractivity contribution in [2.45, 2.75) is 31.2 Å². The maximum absolute atomic E-state index is 13.1. The summed E-state index contributed by atoms with van der Waals surface area (Å²) in [5.41, 5.74) is 3.99. The lowest BCUT2D eigenvalue weighted by molar-refractivity contribution is 0.154. The quantitative estimate of drug-likeness (QED) is 0.587. The Hall–Kier alpha value is -3.81. The van der Waals surface area contributed by atoms with Crippen molar-refractivity contribution in [3.8, 4) is 5.69 Å². The van der Waals surface area contributed by atoms with Crippen LogP contribution < -0.4 is 10.6 Å². The molecule has 0 saturated carbocycles. The summed E-state index contributed by atoms with van der Waals surface area (Å²) in [6.07, 6.45) is 1.82. The van der Waals surface area contributed by atoms with Crippen molar-refractivity contribution in [1.29, 1.82) is 0 Å². The van der Waals surface area contributed by atoms with Gasteiger partial charge in [0.15, 0.2) is 0 Å². The zero-order valence-electron chi connectivity index (χ0n) is 17.6. The molecule has 3 N–H and O–H groups in total. The first-order chi connectivity index (χ1) is 15.6. The minimum atomic E-state index is -0.976. The van der Waals surface area contributed by atoms with E-state index in [0.717, 1.165) is 41.8 Å². The molecule has 164 valence electrons. The smallest absolute Gasteiger partial charge is 0.407 e. The van der Waals surface area contributed by atoms with Crippen LogP contribution in [0, 0.1) is 0 Å². The van der Waals surface area contributed by atoms with Crippen molar-refractivity contribution < 1.29 is 14.7 Å². The highest BCUT2D eigenvalue weighted by Gasteiger charge is 2.37. The molecule has 1 aliphatic carbocycles. The zero-order valence-corrected chi connectivity index (χ0v) is 17.6. The number of fused-ring (bicyclic) bond motifs is 1. The normalized spacial score (nSPS) is 19.6. The molecule has 1 saturated heterocycles. The number of amides is 3. The van der Waals surface area contributed by atoms with Crippen LogP contribution in [0.15, 0.2) is 60.7 Å². The van der Waals surface area contributed by atoms with Gasteiger partial charge in [-0.3, -0.25) is 5.32 Å². The molecule has 5 rings (SSSR count). The molecule has 0 bridgehead atoms. The van der Waals surface area contributed by atoms with Gasteiger partial charge in [-0.25, -0.2) is 14.3 Å². The Morgan fingerprint density at radius 2 is 1.69 bits per heavy atom. The van der Waals surface area contributed by atoms with Crippen LogP contribution in [-0.2, 0) is 12.8 Å². The molecule has 0 spiro atoms. The van der Waals surface area contributed by atoms with E-state index in [1.165, 1.54) is 4.90 Å². The van der Waals surface area contributed by atoms with E-state index in [2.05, 4.69) is 10.6 Å². The molecule has 2 heterocycles. The van der Waals surface area contributed by atoms with E-state index in [0.29, 0.717) is 12.4 Å². The average Bonchev–Trinajstić information content (AvgIpc) is 3.51. The summed E-state index contributed by atoms with van der Waals surface area (Å²) in [5.74, 6) is 0.577. The number of hydrogen-bond acceptors (Lipinski definition) is 3. The van der Waals surface area contributed by atoms with E-state index in [1.807, 2.05) is 60.7 Å². The molecule has 8 nitrogen and oxygen atoms in total. The van der Waals surface area contributed by atoms with Gasteiger partial charge in [-0.05, 0) is 37.0 Å². The molecule has 8 heteroatoms. The molecule has 3 aromatic rings. The number of nitrogens with zero attached hydrogens (tertiary/aromatic N) is 3. The van der Waals surface area contributed by atoms with Gasteiger partial charge in [-0.1, -0.05) is 48.5 Å². The van der Waals surface area contributed by atoms with Gasteiger partial charge in [-0.15, -0.1) is 0 Å². The van der Waals surface area contributed by atoms with Gasteiger partial charge < -0.3 is 15.3 Å². The largest absolute Gasteiger partial charge is 0.465 e. The molecule has 2 aliphatic rings. The molecule has 1 aliphatic heterocycles. The summed E-state index contributed by atoms with van der Waals surface area (Å²) in [7, 11) is 0. The zero-order chi connectivity index (χ0) is 22.1. The monoisotopic (exact) mass is 431 g/mol. The molecule has 0 radical (unpaired) electrons. The number of para-hydroxylation sites is 1. The van der Waals surface area contributed by atoms with Crippen LogP contribution in [0.1, 0.15) is 29.2 Å². The molecular formula is C24H25N5O3. The number of carbonyl (C=O) groups excluding carboxylic acids is 1. The molecule has 1 aromatic heterocycles. The van der Waals surface area contributed by atoms with E-state index in [9.17, 15) is 14.7 Å². The summed E-state index contributed by atoms with van der Waals surface area (Å²) < 4.78 is 1.79. The van der Waals surface area contributed by atoms with Gasteiger partial charge in [0.2, 0.25) is 0 Å². The first-order valence-electron chi connectivity index (χ1n) is 10.9. The Kier molecular flexibility index (Phi) is 5.26. The van der Waals surface area contributed by atoms with Crippen molar-refractivity contribution in [1.82, 2.24) is 20.0 Å². The minimum absolute atomic E-state index is 0.109. The average molecular weight is 431 g/mol. The number of urea groups is 1. The van der Waals surface area contributed by atoms with Crippen molar-refractivity contribution in [2.24, 2.45) is 0 Å². The Morgan fingerprint density at radius 3 is 2.41 bits per heavy atom. The number of aromatic nitrogens is 2. The fraction of sp³-hybridized carbons (Fsp3) is 0.292. The number of carbonyl (C=O) groups is 2. The number of likely N-dealkylation sites (tertiary alicyclic amines) is 1. The van der Waals surface area contributed by atoms with Crippen molar-refractivity contribution in [2.75, 3.05) is 18.4 Å². The Labute approximate surface area is 185 Å². The predicted octanol–water partition coefficient (Wildman–Crippen LogP) is 3.63. The van der Waals surface area contributed by atoms with Gasteiger partial charge in [-0.2, -0.15) is 5.10 Å². The van der Waals surface area contributed by atoms with Crippen LogP contribution >= 0.6 is 0 Å². The number of nitrogens with one attached hydrogen (secondary N) is 2. The highest BCUT2D eigenvalue weighted by Crippen LogP contribution is 2.31. The maximum atomic E-state index is 13.1. The molecule has 2 atom stereocenters. The fourth-order valence-electron chi connectivity index (χ4n) is 4.73. The van der Waals surface area contributed by atoms with Crippen LogP contribution in [0.25, 0.3) is 5.69 Å². The number of rotatable bonds is 4. The van der Waals surface area contributed by atoms with Gasteiger partial charge in [0.1, 0.15) is 5.82 Å². The second-order valence-electron chi connectivity index (χ2n) is 8.28. The molecule has 1 fully saturated rings. The van der Waals surface area contributed by atoms with Crippen molar-refractivity contribution in [3.63, 3.8) is 0 Å². The van der Waals surface area contributed by atoms with Gasteiger partial charge >= 0.3 is 12.1 Å². The summed E-state index contributed by atoms with van der Waals surface area (Å²) in [6, 6.07) is 18.8. The van der Waals surface area contributed by atoms with Gasteiger partial charge in [0, 0.05) is 24.6 Å². The van der Waals surface area contributed by atoms with Crippen LogP contribution in [0.4, 0.5) is 15.4 Å². The van der Waals surface area contributed by atoms with Gasteiger partial charge in [0.25, 0.3) is 0 Å². The lowest BCUT2D eigenvalue weighted by Gasteiger charge is -2.20. The SMILES string of the molecule is O=C(Nc1c2c(nn1-c1ccccc1)CCC2)NC1CN(C(=O)O)CC1c1ccccc1. The fourth-order valence-corrected chi connectivity index (χ4v) is 4.73. The maximum Gasteiger partial charge on any atom is 0.407 e. The topological polar surface area (TPSA) is 99.5 Å². The predicted molar refractivity (Wildman–Crippen MR) is 120 cm³/mol. The van der Waals surface area contributed by atoms with Crippen molar-refractivity contribution in [3.05, 3.63) is 77.5 Å². The summed E-state index contributed by atoms with van der Waals surface area (Å²) in [5, 5.41) is 20.3. The Morgan fingerprint density at radius 1 is 0.969 bits per heavy atom. The Bertz CT molecular complexity index is 1130. The molecule has 2 aromatic carbocycles. The van der Waals surface area contributed by atoms with Gasteiger partial charge in [0.05, 0.1) is 17.4 Å². The van der Waals surface area contributed by atoms with Crippen LogP contribution in [-0.4, -0.2) is 51.0 Å². The number of carboxylic acid groups (broad SMARTS) is 1. The van der Waals surface area contributed by atoms with Crippen LogP contribution in [0.2, 0.25) is 0 Å². The van der Waals surface area contributed by atoms with E-state index >= 15 is 0 Å². The minimum Gasteiger partial charge on any atom is -0.465 e. The first-order valence-corrected chi connectivity index (χ1v) is 10.9. The Balaban J connectivity index is 1.38. The first kappa shape index (κ1) is 20.1. The van der Waals surface area contributed by atoms with E-state index in [4.69, 9.17) is 5.10 Å². The number of aryl methyl sites for hydroxylation is 1. The standard InChI is InChI=1S/C24H25N5O3/c30-23(25-21-15-28(24(31)32)14-19(21)16-8-3-1-4-9-16)26-22-18-12-7-13-20(18)27-29(22)17-10-5-2-6-11-17/h1-6,8-11,19,21H,7,12-15H2,(H,31,32)(H2,25,26,30). The highest BCUT2D eigenvalue weighted by atomic mass is 16.4. The number of benzene rings is 2. The number of hydrogen-bond donors (Lipinski definition) is 3. The van der Waals surface area contributed by atoms with Crippen molar-refractivity contribution >= 4 is 17.9 Å². The number of anilines is 1. The third-order valence-corrected chi connectivity index (χ3v) is 6.27. The lowest BCUT2D eigenvalue weighted by atomic mass is 9.94. The molecule has 3 amide bonds. The second-order valence-corrected chi connectivity index (χ2v) is 8.28. The molecule has 32 heavy (non-hydrogen) atoms. The summed E-state index contributed by atoms with van der Waals surface area (Å²) >= 11 is 0. The molecular weight excluding hydrogens is 406 g/mol. The summed E-state index contributed by atoms with van der Waals surface area (Å²) in [4.78, 5) is 26.0. The van der Waals surface area contributed by atoms with Crippen LogP contribution in [0.5, 0.6) is 0 Å². The van der Waals surface area contributed by atoms with Crippen LogP contribution in [0.3, 0.4) is 0 Å². The van der Waals surface area contributed by atoms with E-state index < -0.39 is 6.09 Å². The highest BCUT2D eigenvalue weighted by molar-refractivity contribution is 5.90. The third kappa shape index (κ3) is 3.79. The van der Waals surface area contributed by atoms with E-state index in [1.54, 1.807) is 4.68 Å². The second kappa shape index (κ2) is 8.37. The third-order valence-electron chi connectivity index (χ3n) is 6.27. The lowest BCUT2D eigenvalue weighted by Crippen LogP contribution is -2.43. The summed E-state index contributed by atoms with van der Waals surface area (Å²) in [6.45, 7) is 0.597. The van der Waals surface area contributed by atoms with E-state index in [-0.39, 0.29) is 24.5 Å². The molecule has 2 unspecified atom stereocenters.